The van der Waals surface area contributed by atoms with Crippen molar-refractivity contribution in [2.24, 2.45) is 4.99 Å². The van der Waals surface area contributed by atoms with Crippen molar-refractivity contribution in [2.75, 3.05) is 6.61 Å². The van der Waals surface area contributed by atoms with E-state index in [4.69, 9.17) is 4.74 Å². The molecule has 1 aromatic carbocycles. The highest BCUT2D eigenvalue weighted by Gasteiger charge is 2.00. The Morgan fingerprint density at radius 1 is 1.33 bits per heavy atom. The Hall–Kier alpha value is -1.60. The number of carbonyl (C=O) groups excluding carboxylic acids is 1. The van der Waals surface area contributed by atoms with Crippen LogP contribution in [-0.2, 0) is 4.79 Å². The third kappa shape index (κ3) is 3.96. The summed E-state index contributed by atoms with van der Waals surface area (Å²) in [4.78, 5) is 13.7. The highest BCUT2D eigenvalue weighted by atomic mass is 16.5. The predicted molar refractivity (Wildman–Crippen MR) is 59.2 cm³/mol. The largest absolute Gasteiger partial charge is 0.491 e. The molecule has 0 aromatic heterocycles. The Bertz CT molecular complexity index is 343. The highest BCUT2D eigenvalue weighted by Crippen LogP contribution is 2.26. The van der Waals surface area contributed by atoms with Gasteiger partial charge in [0.2, 0.25) is 6.08 Å². The molecule has 0 aliphatic rings. The second-order valence-corrected chi connectivity index (χ2v) is 3.23. The molecule has 80 valence electrons. The third-order valence-electron chi connectivity index (χ3n) is 2.04. The predicted octanol–water partition coefficient (Wildman–Crippen LogP) is 3.22. The molecule has 0 saturated heterocycles. The lowest BCUT2D eigenvalue weighted by Gasteiger charge is -2.06. The maximum absolute atomic E-state index is 10.2. The number of ether oxygens (including phenoxy) is 1. The first-order chi connectivity index (χ1) is 7.38. The Morgan fingerprint density at radius 2 is 2.13 bits per heavy atom. The maximum atomic E-state index is 10.2. The van der Waals surface area contributed by atoms with Crippen molar-refractivity contribution >= 4 is 11.8 Å². The monoisotopic (exact) mass is 205 g/mol. The molecule has 1 rings (SSSR count). The highest BCUT2D eigenvalue weighted by molar-refractivity contribution is 5.57. The SMILES string of the molecule is CCCCCOc1ccccc1N=C=O. The minimum atomic E-state index is 0.545. The van der Waals surface area contributed by atoms with Gasteiger partial charge in [-0.3, -0.25) is 0 Å². The van der Waals surface area contributed by atoms with Gasteiger partial charge in [-0.25, -0.2) is 4.79 Å². The van der Waals surface area contributed by atoms with E-state index in [1.54, 1.807) is 6.07 Å². The fourth-order valence-corrected chi connectivity index (χ4v) is 1.25. The van der Waals surface area contributed by atoms with Crippen LogP contribution in [-0.4, -0.2) is 12.7 Å². The molecule has 0 atom stereocenters. The molecule has 3 nitrogen and oxygen atoms in total. The normalized spacial score (nSPS) is 9.40. The molecule has 0 aliphatic carbocycles. The van der Waals surface area contributed by atoms with Gasteiger partial charge in [-0.2, -0.15) is 4.99 Å². The topological polar surface area (TPSA) is 38.7 Å². The Balaban J connectivity index is 2.55. The van der Waals surface area contributed by atoms with E-state index in [0.717, 1.165) is 19.3 Å². The quantitative estimate of drug-likeness (QED) is 0.406. The average Bonchev–Trinajstić information content (AvgIpc) is 2.27. The van der Waals surface area contributed by atoms with E-state index in [1.165, 1.54) is 6.08 Å². The molecule has 0 unspecified atom stereocenters. The van der Waals surface area contributed by atoms with E-state index in [9.17, 15) is 4.79 Å². The third-order valence-corrected chi connectivity index (χ3v) is 2.04. The molecule has 0 radical (unpaired) electrons. The first-order valence-corrected chi connectivity index (χ1v) is 5.18. The van der Waals surface area contributed by atoms with Crippen LogP contribution >= 0.6 is 0 Å². The Morgan fingerprint density at radius 3 is 2.87 bits per heavy atom. The minimum Gasteiger partial charge on any atom is -0.491 e. The molecule has 0 fully saturated rings. The van der Waals surface area contributed by atoms with Gasteiger partial charge >= 0.3 is 0 Å². The van der Waals surface area contributed by atoms with E-state index in [-0.39, 0.29) is 0 Å². The van der Waals surface area contributed by atoms with Crippen molar-refractivity contribution in [1.82, 2.24) is 0 Å². The second kappa shape index (κ2) is 6.80. The number of hydrogen-bond donors (Lipinski definition) is 0. The lowest BCUT2D eigenvalue weighted by Crippen LogP contribution is -1.96. The number of benzene rings is 1. The van der Waals surface area contributed by atoms with Gasteiger partial charge in [-0.05, 0) is 18.6 Å². The van der Waals surface area contributed by atoms with Crippen LogP contribution < -0.4 is 4.74 Å². The number of unbranched alkanes of at least 4 members (excludes halogenated alkanes) is 2. The second-order valence-electron chi connectivity index (χ2n) is 3.23. The van der Waals surface area contributed by atoms with Crippen molar-refractivity contribution < 1.29 is 9.53 Å². The van der Waals surface area contributed by atoms with Gasteiger partial charge in [-0.1, -0.05) is 31.9 Å². The molecule has 0 heterocycles. The van der Waals surface area contributed by atoms with Crippen LogP contribution in [0.5, 0.6) is 5.75 Å². The molecular formula is C12H15NO2. The standard InChI is InChI=1S/C12H15NO2/c1-2-3-6-9-15-12-8-5-4-7-11(12)13-10-14/h4-5,7-8H,2-3,6,9H2,1H3. The summed E-state index contributed by atoms with van der Waals surface area (Å²) in [6, 6.07) is 7.22. The summed E-state index contributed by atoms with van der Waals surface area (Å²) in [6.45, 7) is 2.81. The lowest BCUT2D eigenvalue weighted by molar-refractivity contribution is 0.307. The van der Waals surface area contributed by atoms with Gasteiger partial charge in [0, 0.05) is 0 Å². The van der Waals surface area contributed by atoms with Gasteiger partial charge in [0.05, 0.1) is 6.61 Å². The molecule has 0 amide bonds. The smallest absolute Gasteiger partial charge is 0.240 e. The van der Waals surface area contributed by atoms with Crippen LogP contribution in [0.15, 0.2) is 29.3 Å². The molecule has 0 N–H and O–H groups in total. The number of para-hydroxylation sites is 2. The summed E-state index contributed by atoms with van der Waals surface area (Å²) in [5.41, 5.74) is 0.545. The zero-order valence-electron chi connectivity index (χ0n) is 8.90. The molecule has 0 spiro atoms. The van der Waals surface area contributed by atoms with Gasteiger partial charge in [0.15, 0.2) is 0 Å². The van der Waals surface area contributed by atoms with Crippen molar-refractivity contribution in [2.45, 2.75) is 26.2 Å². The van der Waals surface area contributed by atoms with Crippen LogP contribution in [0.3, 0.4) is 0 Å². The fourth-order valence-electron chi connectivity index (χ4n) is 1.25. The molecule has 3 heteroatoms. The number of rotatable bonds is 6. The summed E-state index contributed by atoms with van der Waals surface area (Å²) < 4.78 is 5.52. The van der Waals surface area contributed by atoms with Crippen LogP contribution in [0.2, 0.25) is 0 Å². The van der Waals surface area contributed by atoms with Crippen molar-refractivity contribution in [3.8, 4) is 5.75 Å². The Kier molecular flexibility index (Phi) is 5.20. The number of nitrogens with zero attached hydrogens (tertiary/aromatic N) is 1. The summed E-state index contributed by atoms with van der Waals surface area (Å²) in [7, 11) is 0. The lowest BCUT2D eigenvalue weighted by atomic mass is 10.2. The van der Waals surface area contributed by atoms with E-state index >= 15 is 0 Å². The summed E-state index contributed by atoms with van der Waals surface area (Å²) in [5, 5.41) is 0. The van der Waals surface area contributed by atoms with Crippen molar-refractivity contribution in [3.63, 3.8) is 0 Å². The number of isocyanates is 1. The molecular weight excluding hydrogens is 190 g/mol. The van der Waals surface area contributed by atoms with Gasteiger partial charge in [0.25, 0.3) is 0 Å². The number of hydrogen-bond acceptors (Lipinski definition) is 3. The summed E-state index contributed by atoms with van der Waals surface area (Å²) in [5.74, 6) is 0.650. The fraction of sp³-hybridized carbons (Fsp3) is 0.417. The maximum Gasteiger partial charge on any atom is 0.240 e. The zero-order chi connectivity index (χ0) is 10.9. The van der Waals surface area contributed by atoms with Crippen molar-refractivity contribution in [1.29, 1.82) is 0 Å². The minimum absolute atomic E-state index is 0.545. The molecule has 0 bridgehead atoms. The van der Waals surface area contributed by atoms with E-state index in [1.807, 2.05) is 18.2 Å². The van der Waals surface area contributed by atoms with Gasteiger partial charge in [-0.15, -0.1) is 0 Å². The van der Waals surface area contributed by atoms with E-state index in [0.29, 0.717) is 18.0 Å². The first kappa shape index (κ1) is 11.5. The van der Waals surface area contributed by atoms with E-state index in [2.05, 4.69) is 11.9 Å². The van der Waals surface area contributed by atoms with Crippen LogP contribution in [0.4, 0.5) is 5.69 Å². The van der Waals surface area contributed by atoms with Gasteiger partial charge < -0.3 is 4.74 Å². The zero-order valence-corrected chi connectivity index (χ0v) is 8.90. The summed E-state index contributed by atoms with van der Waals surface area (Å²) in [6.07, 6.45) is 4.86. The summed E-state index contributed by atoms with van der Waals surface area (Å²) >= 11 is 0. The number of aliphatic imine (C=N–C) groups is 1. The molecule has 0 saturated carbocycles. The Labute approximate surface area is 89.8 Å². The molecule has 1 aromatic rings. The van der Waals surface area contributed by atoms with Crippen LogP contribution in [0, 0.1) is 0 Å². The van der Waals surface area contributed by atoms with Gasteiger partial charge in [0.1, 0.15) is 11.4 Å². The van der Waals surface area contributed by atoms with Crippen LogP contribution in [0.1, 0.15) is 26.2 Å². The molecule has 15 heavy (non-hydrogen) atoms. The van der Waals surface area contributed by atoms with Crippen molar-refractivity contribution in [3.05, 3.63) is 24.3 Å². The van der Waals surface area contributed by atoms with E-state index < -0.39 is 0 Å². The first-order valence-electron chi connectivity index (χ1n) is 5.18. The average molecular weight is 205 g/mol. The molecule has 0 aliphatic heterocycles. The van der Waals surface area contributed by atoms with Crippen LogP contribution in [0.25, 0.3) is 0 Å².